The summed E-state index contributed by atoms with van der Waals surface area (Å²) < 4.78 is 47.0. The second-order valence-electron chi connectivity index (χ2n) is 13.7. The number of ether oxygens (including phenoxy) is 3. The molecule has 3 aromatic rings. The average Bonchev–Trinajstić information content (AvgIpc) is 3.73. The summed E-state index contributed by atoms with van der Waals surface area (Å²) in [6.45, 7) is 2.81. The molecule has 0 aliphatic carbocycles. The van der Waals surface area contributed by atoms with Crippen LogP contribution in [0.4, 0.5) is 25.1 Å². The van der Waals surface area contributed by atoms with Crippen molar-refractivity contribution in [2.24, 2.45) is 0 Å². The SMILES string of the molecule is C#Cc1c(F)ccc2cc(OCOC)cc(N3CCc4c(nc(OC[C@@]56CCCN5C[C@H](F)C6)nc4N4CC5(CCN4)NC(=O)NC5=O)C3)c12. The molecular weight excluding hydrogens is 650 g/mol. The summed E-state index contributed by atoms with van der Waals surface area (Å²) in [7, 11) is 1.53. The smallest absolute Gasteiger partial charge is 0.322 e. The number of fused-ring (bicyclic) bond motifs is 3. The number of carbonyl (C=O) groups is 2. The number of hydrazine groups is 1. The number of anilines is 2. The van der Waals surface area contributed by atoms with Crippen molar-refractivity contribution in [1.29, 1.82) is 0 Å². The van der Waals surface area contributed by atoms with Crippen molar-refractivity contribution in [2.75, 3.05) is 63.1 Å². The van der Waals surface area contributed by atoms with Crippen LogP contribution in [0, 0.1) is 18.2 Å². The van der Waals surface area contributed by atoms with E-state index >= 15 is 4.39 Å². The standard InChI is InChI=1S/C35H38F2N8O5/c1-3-24-26(37)6-5-21-13-23(50-20-48-2)14-28(29(21)24)43-12-7-25-27(17-43)39-33(49-19-34-8-4-11-44(34)16-22(36)15-34)40-30(25)45-18-35(9-10-38-45)31(46)41-32(47)42-35/h1,5-6,13-14,22,38H,4,7-12,15-20H2,2H3,(H2,41,42,46,47)/t22-,34+,35?/m1/s1. The van der Waals surface area contributed by atoms with E-state index in [1.165, 1.54) is 13.2 Å². The number of urea groups is 1. The third kappa shape index (κ3) is 5.51. The van der Waals surface area contributed by atoms with Gasteiger partial charge in [-0.05, 0) is 49.7 Å². The Bertz CT molecular complexity index is 1920. The van der Waals surface area contributed by atoms with Crippen LogP contribution in [-0.4, -0.2) is 97.3 Å². The molecule has 5 aliphatic rings. The minimum Gasteiger partial charge on any atom is -0.467 e. The number of alkyl halides is 1. The van der Waals surface area contributed by atoms with Crippen molar-refractivity contribution in [1.82, 2.24) is 30.9 Å². The Morgan fingerprint density at radius 1 is 1.16 bits per heavy atom. The molecule has 13 nitrogen and oxygen atoms in total. The molecule has 0 radical (unpaired) electrons. The maximum atomic E-state index is 15.1. The van der Waals surface area contributed by atoms with Gasteiger partial charge in [0.15, 0.2) is 12.6 Å². The van der Waals surface area contributed by atoms with Crippen molar-refractivity contribution < 1.29 is 32.6 Å². The van der Waals surface area contributed by atoms with E-state index in [0.717, 1.165) is 24.9 Å². The van der Waals surface area contributed by atoms with E-state index in [1.807, 2.05) is 6.07 Å². The predicted octanol–water partition coefficient (Wildman–Crippen LogP) is 2.54. The van der Waals surface area contributed by atoms with Gasteiger partial charge in [-0.1, -0.05) is 12.0 Å². The first-order valence-electron chi connectivity index (χ1n) is 16.9. The van der Waals surface area contributed by atoms with Crippen LogP contribution in [0.5, 0.6) is 11.8 Å². The molecule has 262 valence electrons. The normalized spacial score (nSPS) is 26.2. The van der Waals surface area contributed by atoms with Gasteiger partial charge < -0.3 is 24.4 Å². The molecule has 3 N–H and O–H groups in total. The van der Waals surface area contributed by atoms with Crippen LogP contribution in [0.15, 0.2) is 24.3 Å². The number of hydrogen-bond acceptors (Lipinski definition) is 11. The molecule has 50 heavy (non-hydrogen) atoms. The predicted molar refractivity (Wildman–Crippen MR) is 179 cm³/mol. The number of nitrogens with one attached hydrogen (secondary N) is 3. The van der Waals surface area contributed by atoms with E-state index in [0.29, 0.717) is 79.2 Å². The fourth-order valence-electron chi connectivity index (χ4n) is 8.30. The number of methoxy groups -OCH3 is 1. The zero-order chi connectivity index (χ0) is 34.6. The summed E-state index contributed by atoms with van der Waals surface area (Å²) in [5, 5.41) is 8.25. The Morgan fingerprint density at radius 3 is 2.84 bits per heavy atom. The summed E-state index contributed by atoms with van der Waals surface area (Å²) in [6.07, 6.45) is 8.00. The first kappa shape index (κ1) is 32.4. The van der Waals surface area contributed by atoms with Crippen molar-refractivity contribution in [3.8, 4) is 24.1 Å². The van der Waals surface area contributed by atoms with Crippen LogP contribution in [0.25, 0.3) is 10.8 Å². The lowest BCUT2D eigenvalue weighted by molar-refractivity contribution is -0.124. The van der Waals surface area contributed by atoms with Gasteiger partial charge in [-0.15, -0.1) is 6.42 Å². The van der Waals surface area contributed by atoms with Gasteiger partial charge in [0.05, 0.1) is 35.6 Å². The number of rotatable bonds is 8. The number of nitrogens with zero attached hydrogens (tertiary/aromatic N) is 5. The van der Waals surface area contributed by atoms with E-state index in [1.54, 1.807) is 17.1 Å². The van der Waals surface area contributed by atoms with Gasteiger partial charge in [-0.3, -0.25) is 20.0 Å². The molecule has 0 bridgehead atoms. The summed E-state index contributed by atoms with van der Waals surface area (Å²) >= 11 is 0. The molecule has 6 heterocycles. The van der Waals surface area contributed by atoms with Gasteiger partial charge in [0.1, 0.15) is 29.9 Å². The molecular formula is C35H38F2N8O5. The zero-order valence-electron chi connectivity index (χ0n) is 27.7. The highest BCUT2D eigenvalue weighted by molar-refractivity contribution is 6.07. The van der Waals surface area contributed by atoms with E-state index in [4.69, 9.17) is 30.6 Å². The van der Waals surface area contributed by atoms with Crippen molar-refractivity contribution in [3.63, 3.8) is 0 Å². The van der Waals surface area contributed by atoms with Crippen LogP contribution in [0.3, 0.4) is 0 Å². The van der Waals surface area contributed by atoms with Crippen LogP contribution < -0.4 is 35.4 Å². The summed E-state index contributed by atoms with van der Waals surface area (Å²) in [4.78, 5) is 39.2. The molecule has 3 atom stereocenters. The quantitative estimate of drug-likeness (QED) is 0.183. The summed E-state index contributed by atoms with van der Waals surface area (Å²) in [5.41, 5.74) is 4.14. The van der Waals surface area contributed by atoms with Crippen LogP contribution in [0.1, 0.15) is 42.5 Å². The fourth-order valence-corrected chi connectivity index (χ4v) is 8.30. The molecule has 4 saturated heterocycles. The van der Waals surface area contributed by atoms with Gasteiger partial charge in [-0.25, -0.2) is 19.0 Å². The minimum atomic E-state index is -1.12. The average molecular weight is 689 g/mol. The maximum absolute atomic E-state index is 15.1. The number of aromatic nitrogens is 2. The third-order valence-corrected chi connectivity index (χ3v) is 10.7. The van der Waals surface area contributed by atoms with Gasteiger partial charge in [0.25, 0.3) is 5.91 Å². The lowest BCUT2D eigenvalue weighted by Crippen LogP contribution is -2.64. The molecule has 3 amide bonds. The highest BCUT2D eigenvalue weighted by Gasteiger charge is 2.51. The monoisotopic (exact) mass is 688 g/mol. The van der Waals surface area contributed by atoms with E-state index in [2.05, 4.69) is 31.8 Å². The van der Waals surface area contributed by atoms with Gasteiger partial charge >= 0.3 is 12.0 Å². The van der Waals surface area contributed by atoms with Gasteiger partial charge in [0, 0.05) is 50.2 Å². The van der Waals surface area contributed by atoms with Crippen molar-refractivity contribution in [3.05, 3.63) is 46.9 Å². The number of carbonyl (C=O) groups excluding carboxylic acids is 2. The second-order valence-corrected chi connectivity index (χ2v) is 13.7. The first-order valence-corrected chi connectivity index (χ1v) is 16.9. The van der Waals surface area contributed by atoms with Crippen LogP contribution in [-0.2, 0) is 22.5 Å². The lowest BCUT2D eigenvalue weighted by Gasteiger charge is -2.41. The second kappa shape index (κ2) is 12.5. The maximum Gasteiger partial charge on any atom is 0.322 e. The Hall–Kier alpha value is -4.78. The number of amides is 3. The number of imide groups is 1. The third-order valence-electron chi connectivity index (χ3n) is 10.7. The molecule has 5 aliphatic heterocycles. The Kier molecular flexibility index (Phi) is 8.12. The highest BCUT2D eigenvalue weighted by Crippen LogP contribution is 2.42. The number of terminal acetylenes is 1. The van der Waals surface area contributed by atoms with Crippen LogP contribution in [0.2, 0.25) is 0 Å². The largest absolute Gasteiger partial charge is 0.467 e. The van der Waals surface area contributed by atoms with Gasteiger partial charge in [-0.2, -0.15) is 9.97 Å². The Balaban J connectivity index is 1.18. The molecule has 2 aromatic carbocycles. The molecule has 1 unspecified atom stereocenters. The molecule has 1 spiro atoms. The number of halogens is 2. The fraction of sp³-hybridized carbons (Fsp3) is 0.486. The first-order chi connectivity index (χ1) is 24.2. The summed E-state index contributed by atoms with van der Waals surface area (Å²) in [5.74, 6) is 2.71. The van der Waals surface area contributed by atoms with E-state index in [9.17, 15) is 14.0 Å². The minimum absolute atomic E-state index is 0.0269. The Morgan fingerprint density at radius 2 is 2.04 bits per heavy atom. The summed E-state index contributed by atoms with van der Waals surface area (Å²) in [6, 6.07) is 6.24. The van der Waals surface area contributed by atoms with E-state index < -0.39 is 29.1 Å². The zero-order valence-corrected chi connectivity index (χ0v) is 27.7. The molecule has 15 heteroatoms. The molecule has 0 saturated carbocycles. The molecule has 4 fully saturated rings. The van der Waals surface area contributed by atoms with Gasteiger partial charge in [0.2, 0.25) is 0 Å². The van der Waals surface area contributed by atoms with E-state index in [-0.39, 0.29) is 37.4 Å². The topological polar surface area (TPSA) is 133 Å². The Labute approximate surface area is 287 Å². The van der Waals surface area contributed by atoms with Crippen LogP contribution >= 0.6 is 0 Å². The molecule has 1 aromatic heterocycles. The highest BCUT2D eigenvalue weighted by atomic mass is 19.1. The molecule has 8 rings (SSSR count). The van der Waals surface area contributed by atoms with Crippen molar-refractivity contribution >= 4 is 34.2 Å². The lowest BCUT2D eigenvalue weighted by atomic mass is 9.93. The number of hydrogen-bond donors (Lipinski definition) is 3. The van der Waals surface area contributed by atoms with Crippen molar-refractivity contribution in [2.45, 2.75) is 55.9 Å². The number of benzene rings is 2.